The van der Waals surface area contributed by atoms with Gasteiger partial charge in [0, 0.05) is 19.7 Å². The van der Waals surface area contributed by atoms with Crippen molar-refractivity contribution in [1.29, 1.82) is 0 Å². The minimum atomic E-state index is -4.04. The lowest BCUT2D eigenvalue weighted by Gasteiger charge is -2.07. The average Bonchev–Trinajstić information content (AvgIpc) is 2.43. The number of sulfonamides is 1. The molecule has 2 N–H and O–H groups in total. The monoisotopic (exact) mass is 303 g/mol. The van der Waals surface area contributed by atoms with Gasteiger partial charge in [0.25, 0.3) is 5.69 Å². The van der Waals surface area contributed by atoms with Gasteiger partial charge in [-0.05, 0) is 6.07 Å². The van der Waals surface area contributed by atoms with Gasteiger partial charge in [0.1, 0.15) is 6.61 Å². The molecule has 0 atom stereocenters. The third-order valence-corrected chi connectivity index (χ3v) is 3.69. The van der Waals surface area contributed by atoms with Gasteiger partial charge in [-0.1, -0.05) is 12.1 Å². The molecule has 0 saturated carbocycles. The normalized spacial score (nSPS) is 10.8. The molecular weight excluding hydrogens is 290 g/mol. The molecule has 0 fully saturated rings. The number of hydrogen-bond donors (Lipinski definition) is 2. The van der Waals surface area contributed by atoms with Crippen LogP contribution < -0.4 is 10.0 Å². The number of amides is 1. The second-order valence-electron chi connectivity index (χ2n) is 3.51. The van der Waals surface area contributed by atoms with E-state index in [1.165, 1.54) is 19.2 Å². The summed E-state index contributed by atoms with van der Waals surface area (Å²) in [5.41, 5.74) is -0.521. The third kappa shape index (κ3) is 4.17. The number of benzene rings is 1. The first-order chi connectivity index (χ1) is 9.38. The first kappa shape index (κ1) is 15.9. The molecule has 1 aromatic rings. The molecule has 0 unspecified atom stereocenters. The summed E-state index contributed by atoms with van der Waals surface area (Å²) in [5, 5.41) is 13.0. The number of carbonyl (C=O) groups is 1. The highest BCUT2D eigenvalue weighted by Gasteiger charge is 2.24. The van der Waals surface area contributed by atoms with Crippen molar-refractivity contribution in [3.8, 4) is 0 Å². The molecule has 0 heterocycles. The number of ether oxygens (including phenoxy) is 1. The predicted molar refractivity (Wildman–Crippen MR) is 68.7 cm³/mol. The van der Waals surface area contributed by atoms with E-state index in [-0.39, 0.29) is 13.2 Å². The van der Waals surface area contributed by atoms with Crippen molar-refractivity contribution < 1.29 is 22.9 Å². The zero-order valence-electron chi connectivity index (χ0n) is 10.5. The number of rotatable bonds is 6. The van der Waals surface area contributed by atoms with Crippen LogP contribution in [0.3, 0.4) is 0 Å². The fraction of sp³-hybridized carbons (Fsp3) is 0.300. The van der Waals surface area contributed by atoms with E-state index < -0.39 is 31.6 Å². The lowest BCUT2D eigenvalue weighted by atomic mass is 10.3. The molecule has 0 aromatic heterocycles. The molecule has 0 aliphatic rings. The summed E-state index contributed by atoms with van der Waals surface area (Å²) in [4.78, 5) is 20.3. The number of nitro benzene ring substituents is 1. The van der Waals surface area contributed by atoms with Crippen molar-refractivity contribution in [3.05, 3.63) is 34.4 Å². The summed E-state index contributed by atoms with van der Waals surface area (Å²) in [6.45, 7) is -0.388. The largest absolute Gasteiger partial charge is 0.448 e. The van der Waals surface area contributed by atoms with Crippen LogP contribution in [0.5, 0.6) is 0 Å². The van der Waals surface area contributed by atoms with Crippen LogP contribution in [0, 0.1) is 10.1 Å². The van der Waals surface area contributed by atoms with E-state index in [4.69, 9.17) is 0 Å². The molecule has 1 aromatic carbocycles. The van der Waals surface area contributed by atoms with Crippen molar-refractivity contribution >= 4 is 21.8 Å². The van der Waals surface area contributed by atoms with Crippen molar-refractivity contribution in [2.24, 2.45) is 0 Å². The van der Waals surface area contributed by atoms with E-state index in [9.17, 15) is 23.3 Å². The Morgan fingerprint density at radius 3 is 2.65 bits per heavy atom. The second kappa shape index (κ2) is 6.82. The second-order valence-corrected chi connectivity index (χ2v) is 5.24. The number of nitro groups is 1. The van der Waals surface area contributed by atoms with Crippen LogP contribution in [0.15, 0.2) is 29.2 Å². The molecule has 0 aliphatic heterocycles. The topological polar surface area (TPSA) is 128 Å². The van der Waals surface area contributed by atoms with E-state index in [0.29, 0.717) is 0 Å². The maximum Gasteiger partial charge on any atom is 0.406 e. The number of carbonyl (C=O) groups excluding carboxylic acids is 1. The molecule has 0 aliphatic carbocycles. The van der Waals surface area contributed by atoms with Gasteiger partial charge in [-0.15, -0.1) is 0 Å². The van der Waals surface area contributed by atoms with Gasteiger partial charge >= 0.3 is 6.09 Å². The number of nitrogens with one attached hydrogen (secondary N) is 2. The van der Waals surface area contributed by atoms with Gasteiger partial charge in [0.15, 0.2) is 4.90 Å². The van der Waals surface area contributed by atoms with Crippen molar-refractivity contribution in [3.63, 3.8) is 0 Å². The summed E-state index contributed by atoms with van der Waals surface area (Å²) < 4.78 is 30.5. The molecule has 0 saturated heterocycles. The van der Waals surface area contributed by atoms with E-state index in [1.807, 2.05) is 0 Å². The first-order valence-electron chi connectivity index (χ1n) is 5.46. The number of alkyl carbamates (subject to hydrolysis) is 1. The fourth-order valence-corrected chi connectivity index (χ4v) is 2.49. The number of hydrogen-bond acceptors (Lipinski definition) is 6. The molecule has 110 valence electrons. The molecule has 0 radical (unpaired) electrons. The number of nitrogens with zero attached hydrogens (tertiary/aromatic N) is 1. The Bertz CT molecular complexity index is 601. The van der Waals surface area contributed by atoms with Gasteiger partial charge in [0.2, 0.25) is 10.0 Å². The zero-order chi connectivity index (χ0) is 15.2. The lowest BCUT2D eigenvalue weighted by Crippen LogP contribution is -2.30. The summed E-state index contributed by atoms with van der Waals surface area (Å²) in [6, 6.07) is 4.96. The van der Waals surface area contributed by atoms with E-state index >= 15 is 0 Å². The molecular formula is C10H13N3O6S. The SMILES string of the molecule is CNC(=O)OCCNS(=O)(=O)c1ccccc1[N+](=O)[O-]. The Morgan fingerprint density at radius 2 is 2.05 bits per heavy atom. The summed E-state index contributed by atoms with van der Waals surface area (Å²) in [5.74, 6) is 0. The molecule has 20 heavy (non-hydrogen) atoms. The van der Waals surface area contributed by atoms with Crippen LogP contribution >= 0.6 is 0 Å². The maximum atomic E-state index is 11.9. The Balaban J connectivity index is 2.75. The maximum absolute atomic E-state index is 11.9. The fourth-order valence-electron chi connectivity index (χ4n) is 1.30. The van der Waals surface area contributed by atoms with Crippen molar-refractivity contribution in [1.82, 2.24) is 10.0 Å². The highest BCUT2D eigenvalue weighted by Crippen LogP contribution is 2.22. The Morgan fingerprint density at radius 1 is 1.40 bits per heavy atom. The number of para-hydroxylation sites is 1. The van der Waals surface area contributed by atoms with E-state index in [2.05, 4.69) is 14.8 Å². The zero-order valence-corrected chi connectivity index (χ0v) is 11.3. The molecule has 1 amide bonds. The van der Waals surface area contributed by atoms with Crippen LogP contribution in [0.25, 0.3) is 0 Å². The summed E-state index contributed by atoms with van der Waals surface area (Å²) in [7, 11) is -2.68. The van der Waals surface area contributed by atoms with E-state index in [0.717, 1.165) is 12.1 Å². The molecule has 1 rings (SSSR count). The minimum Gasteiger partial charge on any atom is -0.448 e. The van der Waals surface area contributed by atoms with Gasteiger partial charge in [-0.2, -0.15) is 0 Å². The third-order valence-electron chi connectivity index (χ3n) is 2.18. The Labute approximate surface area is 115 Å². The van der Waals surface area contributed by atoms with Crippen LogP contribution in [-0.2, 0) is 14.8 Å². The highest BCUT2D eigenvalue weighted by atomic mass is 32.2. The van der Waals surface area contributed by atoms with E-state index in [1.54, 1.807) is 0 Å². The molecule has 0 spiro atoms. The first-order valence-corrected chi connectivity index (χ1v) is 6.94. The highest BCUT2D eigenvalue weighted by molar-refractivity contribution is 7.89. The predicted octanol–water partition coefficient (Wildman–Crippen LogP) is 0.229. The van der Waals surface area contributed by atoms with Crippen LogP contribution in [0.1, 0.15) is 0 Å². The quantitative estimate of drug-likeness (QED) is 0.440. The average molecular weight is 303 g/mol. The summed E-state index contributed by atoms with van der Waals surface area (Å²) >= 11 is 0. The Kier molecular flexibility index (Phi) is 5.41. The van der Waals surface area contributed by atoms with Crippen LogP contribution in [0.4, 0.5) is 10.5 Å². The lowest BCUT2D eigenvalue weighted by molar-refractivity contribution is -0.387. The molecule has 0 bridgehead atoms. The van der Waals surface area contributed by atoms with Crippen molar-refractivity contribution in [2.45, 2.75) is 4.90 Å². The van der Waals surface area contributed by atoms with Gasteiger partial charge in [-0.3, -0.25) is 10.1 Å². The minimum absolute atomic E-state index is 0.193. The Hall–Kier alpha value is -2.20. The van der Waals surface area contributed by atoms with Gasteiger partial charge < -0.3 is 10.1 Å². The standard InChI is InChI=1S/C10H13N3O6S/c1-11-10(14)19-7-6-12-20(17,18)9-5-3-2-4-8(9)13(15)16/h2-5,12H,6-7H2,1H3,(H,11,14). The smallest absolute Gasteiger partial charge is 0.406 e. The van der Waals surface area contributed by atoms with Crippen LogP contribution in [0.2, 0.25) is 0 Å². The van der Waals surface area contributed by atoms with Crippen molar-refractivity contribution in [2.75, 3.05) is 20.2 Å². The molecule has 10 heteroatoms. The van der Waals surface area contributed by atoms with Crippen LogP contribution in [-0.4, -0.2) is 39.6 Å². The van der Waals surface area contributed by atoms with Gasteiger partial charge in [0.05, 0.1) is 4.92 Å². The molecule has 9 nitrogen and oxygen atoms in total. The van der Waals surface area contributed by atoms with Gasteiger partial charge in [-0.25, -0.2) is 17.9 Å². The summed E-state index contributed by atoms with van der Waals surface area (Å²) in [6.07, 6.45) is -0.699.